The zero-order valence-corrected chi connectivity index (χ0v) is 13.1. The lowest BCUT2D eigenvalue weighted by Gasteiger charge is -2.35. The van der Waals surface area contributed by atoms with Gasteiger partial charge in [0.15, 0.2) is 5.69 Å². The number of rotatable bonds is 5. The van der Waals surface area contributed by atoms with Gasteiger partial charge in [0.05, 0.1) is 5.52 Å². The Labute approximate surface area is 131 Å². The topological polar surface area (TPSA) is 61.0 Å². The van der Waals surface area contributed by atoms with Crippen LogP contribution in [-0.2, 0) is 0 Å². The Morgan fingerprint density at radius 1 is 1.41 bits per heavy atom. The van der Waals surface area contributed by atoms with Crippen LogP contribution < -0.4 is 5.32 Å². The summed E-state index contributed by atoms with van der Waals surface area (Å²) < 4.78 is 0. The summed E-state index contributed by atoms with van der Waals surface area (Å²) in [5.41, 5.74) is 1.39. The second-order valence-electron chi connectivity index (χ2n) is 5.97. The zero-order valence-electron chi connectivity index (χ0n) is 13.1. The highest BCUT2D eigenvalue weighted by Gasteiger charge is 2.20. The van der Waals surface area contributed by atoms with Gasteiger partial charge in [0.2, 0.25) is 0 Å². The predicted octanol–water partition coefficient (Wildman–Crippen LogP) is 2.56. The highest BCUT2D eigenvalue weighted by atomic mass is 16.1. The first-order valence-electron chi connectivity index (χ1n) is 8.25. The molecule has 0 radical (unpaired) electrons. The van der Waals surface area contributed by atoms with Gasteiger partial charge in [0.25, 0.3) is 5.91 Å². The van der Waals surface area contributed by atoms with Crippen molar-refractivity contribution >= 4 is 16.8 Å². The Morgan fingerprint density at radius 3 is 3.14 bits per heavy atom. The summed E-state index contributed by atoms with van der Waals surface area (Å²) in [5, 5.41) is 10.9. The van der Waals surface area contributed by atoms with Gasteiger partial charge in [-0.25, -0.2) is 0 Å². The lowest BCUT2D eigenvalue weighted by Crippen LogP contribution is -2.43. The molecule has 2 aromatic rings. The molecule has 1 aliphatic heterocycles. The van der Waals surface area contributed by atoms with E-state index in [0.29, 0.717) is 18.3 Å². The van der Waals surface area contributed by atoms with Crippen molar-refractivity contribution in [3.63, 3.8) is 0 Å². The van der Waals surface area contributed by atoms with Crippen molar-refractivity contribution in [3.05, 3.63) is 30.0 Å². The van der Waals surface area contributed by atoms with Crippen molar-refractivity contribution in [2.75, 3.05) is 19.6 Å². The van der Waals surface area contributed by atoms with E-state index < -0.39 is 0 Å². The first-order chi connectivity index (χ1) is 10.8. The average molecular weight is 300 g/mol. The van der Waals surface area contributed by atoms with Gasteiger partial charge in [-0.1, -0.05) is 31.5 Å². The molecule has 22 heavy (non-hydrogen) atoms. The molecule has 1 unspecified atom stereocenters. The Hall–Kier alpha value is -1.88. The van der Waals surface area contributed by atoms with Gasteiger partial charge in [-0.2, -0.15) is 5.10 Å². The Balaban J connectivity index is 1.56. The van der Waals surface area contributed by atoms with Crippen LogP contribution in [0.1, 0.15) is 43.1 Å². The predicted molar refractivity (Wildman–Crippen MR) is 87.9 cm³/mol. The molecule has 0 aliphatic carbocycles. The highest BCUT2D eigenvalue weighted by molar-refractivity contribution is 6.04. The summed E-state index contributed by atoms with van der Waals surface area (Å²) in [6, 6.07) is 8.39. The number of fused-ring (bicyclic) bond motifs is 1. The highest BCUT2D eigenvalue weighted by Crippen LogP contribution is 2.18. The minimum absolute atomic E-state index is 0.0949. The van der Waals surface area contributed by atoms with Crippen molar-refractivity contribution < 1.29 is 4.79 Å². The minimum atomic E-state index is -0.0949. The van der Waals surface area contributed by atoms with Crippen molar-refractivity contribution in [1.82, 2.24) is 20.4 Å². The number of benzene rings is 1. The lowest BCUT2D eigenvalue weighted by atomic mass is 10.0. The van der Waals surface area contributed by atoms with E-state index in [1.807, 2.05) is 24.3 Å². The number of hydrogen-bond acceptors (Lipinski definition) is 3. The minimum Gasteiger partial charge on any atom is -0.349 e. The third kappa shape index (κ3) is 3.14. The van der Waals surface area contributed by atoms with E-state index in [0.717, 1.165) is 24.0 Å². The standard InChI is InChI=1S/C17H24N4O/c1-2-13-7-5-6-11-21(13)12-10-18-17(22)16-14-8-3-4-9-15(14)19-20-16/h3-4,8-9,13H,2,5-7,10-12H2,1H3,(H,18,22)(H,19,20). The lowest BCUT2D eigenvalue weighted by molar-refractivity contribution is 0.0931. The third-order valence-corrected chi connectivity index (χ3v) is 4.59. The van der Waals surface area contributed by atoms with Gasteiger partial charge < -0.3 is 5.32 Å². The molecule has 1 saturated heterocycles. The van der Waals surface area contributed by atoms with Crippen LogP contribution in [0.15, 0.2) is 24.3 Å². The van der Waals surface area contributed by atoms with Gasteiger partial charge in [0.1, 0.15) is 0 Å². The van der Waals surface area contributed by atoms with Crippen LogP contribution in [0, 0.1) is 0 Å². The van der Waals surface area contributed by atoms with Gasteiger partial charge >= 0.3 is 0 Å². The van der Waals surface area contributed by atoms with Gasteiger partial charge in [-0.05, 0) is 31.9 Å². The van der Waals surface area contributed by atoms with Crippen LogP contribution in [0.3, 0.4) is 0 Å². The molecule has 118 valence electrons. The number of carbonyl (C=O) groups excluding carboxylic acids is 1. The number of likely N-dealkylation sites (tertiary alicyclic amines) is 1. The smallest absolute Gasteiger partial charge is 0.272 e. The first kappa shape index (κ1) is 15.0. The molecule has 2 heterocycles. The molecule has 1 amide bonds. The Morgan fingerprint density at radius 2 is 2.27 bits per heavy atom. The number of hydrogen-bond donors (Lipinski definition) is 2. The molecule has 2 N–H and O–H groups in total. The largest absolute Gasteiger partial charge is 0.349 e. The number of piperidine rings is 1. The van der Waals surface area contributed by atoms with E-state index in [1.165, 1.54) is 25.7 Å². The maximum Gasteiger partial charge on any atom is 0.272 e. The van der Waals surface area contributed by atoms with Crippen LogP contribution in [-0.4, -0.2) is 46.7 Å². The summed E-state index contributed by atoms with van der Waals surface area (Å²) in [6.45, 7) is 5.00. The van der Waals surface area contributed by atoms with Crippen LogP contribution in [0.4, 0.5) is 0 Å². The van der Waals surface area contributed by atoms with Crippen molar-refractivity contribution in [1.29, 1.82) is 0 Å². The number of nitrogens with one attached hydrogen (secondary N) is 2. The van der Waals surface area contributed by atoms with Crippen molar-refractivity contribution in [2.24, 2.45) is 0 Å². The van der Waals surface area contributed by atoms with E-state index in [9.17, 15) is 4.79 Å². The summed E-state index contributed by atoms with van der Waals surface area (Å²) >= 11 is 0. The Kier molecular flexibility index (Phi) is 4.73. The zero-order chi connectivity index (χ0) is 15.4. The van der Waals surface area contributed by atoms with Gasteiger partial charge in [0, 0.05) is 24.5 Å². The maximum absolute atomic E-state index is 12.3. The molecule has 1 aromatic heterocycles. The fourth-order valence-corrected chi connectivity index (χ4v) is 3.35. The summed E-state index contributed by atoms with van der Waals surface area (Å²) in [6.07, 6.45) is 5.08. The first-order valence-corrected chi connectivity index (χ1v) is 8.25. The molecule has 3 rings (SSSR count). The number of aromatic amines is 1. The number of para-hydroxylation sites is 1. The fraction of sp³-hybridized carbons (Fsp3) is 0.529. The second kappa shape index (κ2) is 6.92. The van der Waals surface area contributed by atoms with Crippen LogP contribution in [0.5, 0.6) is 0 Å². The second-order valence-corrected chi connectivity index (χ2v) is 5.97. The number of H-pyrrole nitrogens is 1. The van der Waals surface area contributed by atoms with E-state index in [-0.39, 0.29) is 5.91 Å². The van der Waals surface area contributed by atoms with E-state index >= 15 is 0 Å². The molecule has 1 aromatic carbocycles. The molecule has 0 spiro atoms. The van der Waals surface area contributed by atoms with Crippen LogP contribution in [0.2, 0.25) is 0 Å². The van der Waals surface area contributed by atoms with Crippen molar-refractivity contribution in [2.45, 2.75) is 38.6 Å². The van der Waals surface area contributed by atoms with E-state index in [2.05, 4.69) is 27.3 Å². The van der Waals surface area contributed by atoms with Crippen molar-refractivity contribution in [3.8, 4) is 0 Å². The summed E-state index contributed by atoms with van der Waals surface area (Å²) in [4.78, 5) is 14.8. The number of nitrogens with zero attached hydrogens (tertiary/aromatic N) is 2. The SMILES string of the molecule is CCC1CCCCN1CCNC(=O)c1n[nH]c2ccccc12. The molecule has 0 bridgehead atoms. The molecule has 5 heteroatoms. The number of amides is 1. The van der Waals surface area contributed by atoms with Crippen LogP contribution >= 0.6 is 0 Å². The number of aromatic nitrogens is 2. The molecule has 5 nitrogen and oxygen atoms in total. The quantitative estimate of drug-likeness (QED) is 0.892. The monoisotopic (exact) mass is 300 g/mol. The molecule has 1 atom stereocenters. The molecular weight excluding hydrogens is 276 g/mol. The average Bonchev–Trinajstić information content (AvgIpc) is 2.99. The molecule has 1 fully saturated rings. The molecular formula is C17H24N4O. The molecule has 0 saturated carbocycles. The fourth-order valence-electron chi connectivity index (χ4n) is 3.35. The third-order valence-electron chi connectivity index (χ3n) is 4.59. The normalized spacial score (nSPS) is 19.4. The van der Waals surface area contributed by atoms with Gasteiger partial charge in [-0.3, -0.25) is 14.8 Å². The molecule has 1 aliphatic rings. The number of carbonyl (C=O) groups is 1. The van der Waals surface area contributed by atoms with E-state index in [4.69, 9.17) is 0 Å². The van der Waals surface area contributed by atoms with Gasteiger partial charge in [-0.15, -0.1) is 0 Å². The van der Waals surface area contributed by atoms with Crippen LogP contribution in [0.25, 0.3) is 10.9 Å². The maximum atomic E-state index is 12.3. The Bertz CT molecular complexity index is 636. The summed E-state index contributed by atoms with van der Waals surface area (Å²) in [7, 11) is 0. The summed E-state index contributed by atoms with van der Waals surface area (Å²) in [5.74, 6) is -0.0949. The van der Waals surface area contributed by atoms with E-state index in [1.54, 1.807) is 0 Å².